The summed E-state index contributed by atoms with van der Waals surface area (Å²) in [6, 6.07) is 3.96. The van der Waals surface area contributed by atoms with E-state index in [2.05, 4.69) is 0 Å². The summed E-state index contributed by atoms with van der Waals surface area (Å²) in [7, 11) is -4.28. The van der Waals surface area contributed by atoms with E-state index in [0.717, 1.165) is 13.1 Å². The summed E-state index contributed by atoms with van der Waals surface area (Å²) in [5, 5.41) is 1.55. The summed E-state index contributed by atoms with van der Waals surface area (Å²) < 4.78 is 30.9. The number of hydrogen-bond acceptors (Lipinski definition) is 5. The third-order valence-corrected chi connectivity index (χ3v) is 2.77. The number of benzene rings is 1. The lowest BCUT2D eigenvalue weighted by Gasteiger charge is -2.09. The average molecular weight is 230 g/mol. The topological polar surface area (TPSA) is 92.6 Å². The Morgan fingerprint density at radius 2 is 2.07 bits per heavy atom. The molecular formula is C8H10N2O4S. The monoisotopic (exact) mass is 230 g/mol. The summed E-state index contributed by atoms with van der Waals surface area (Å²) >= 11 is 0. The van der Waals surface area contributed by atoms with E-state index in [1.165, 1.54) is 18.2 Å². The molecule has 1 saturated heterocycles. The molecule has 0 unspecified atom stereocenters. The maximum atomic E-state index is 11.0. The molecule has 1 aromatic carbocycles. The minimum absolute atomic E-state index is 0.0509. The minimum atomic E-state index is -4.28. The van der Waals surface area contributed by atoms with E-state index in [0.29, 0.717) is 5.69 Å². The largest absolute Gasteiger partial charge is 0.404 e. The van der Waals surface area contributed by atoms with Crippen molar-refractivity contribution in [2.24, 2.45) is 0 Å². The normalized spacial score (nSPS) is 16.3. The fourth-order valence-corrected chi connectivity index (χ4v) is 1.67. The van der Waals surface area contributed by atoms with Crippen molar-refractivity contribution in [2.45, 2.75) is 4.90 Å². The molecule has 1 aliphatic rings. The smallest absolute Gasteiger partial charge is 0.298 e. The quantitative estimate of drug-likeness (QED) is 0.435. The molecule has 3 N–H and O–H groups in total. The van der Waals surface area contributed by atoms with Crippen LogP contribution in [0.4, 0.5) is 5.69 Å². The van der Waals surface area contributed by atoms with E-state index in [-0.39, 0.29) is 10.6 Å². The molecule has 0 atom stereocenters. The predicted octanol–water partition coefficient (Wildman–Crippen LogP) is 0.125. The Kier molecular flexibility index (Phi) is 2.29. The number of hydrogen-bond donors (Lipinski definition) is 2. The first-order chi connectivity index (χ1) is 6.97. The molecule has 82 valence electrons. The molecule has 0 aliphatic carbocycles. The van der Waals surface area contributed by atoms with Crippen LogP contribution in [0.1, 0.15) is 0 Å². The number of nitrogens with zero attached hydrogens (tertiary/aromatic N) is 1. The van der Waals surface area contributed by atoms with Crippen LogP contribution in [0.2, 0.25) is 0 Å². The van der Waals surface area contributed by atoms with E-state index in [4.69, 9.17) is 15.1 Å². The Morgan fingerprint density at radius 1 is 1.40 bits per heavy atom. The second kappa shape index (κ2) is 3.37. The molecule has 15 heavy (non-hydrogen) atoms. The third kappa shape index (κ3) is 2.38. The summed E-state index contributed by atoms with van der Waals surface area (Å²) in [4.78, 5) is 4.90. The van der Waals surface area contributed by atoms with E-state index in [1.807, 2.05) is 0 Å². The third-order valence-electron chi connectivity index (χ3n) is 1.88. The molecule has 6 nitrogen and oxygen atoms in total. The van der Waals surface area contributed by atoms with Crippen LogP contribution < -0.4 is 10.6 Å². The zero-order chi connectivity index (χ0) is 11.1. The van der Waals surface area contributed by atoms with Gasteiger partial charge >= 0.3 is 0 Å². The molecule has 1 heterocycles. The molecule has 1 aliphatic heterocycles. The lowest BCUT2D eigenvalue weighted by molar-refractivity contribution is 0.0650. The Bertz CT molecular complexity index is 481. The molecule has 0 amide bonds. The number of nitrogens with two attached hydrogens (primary N) is 1. The highest BCUT2D eigenvalue weighted by Gasteiger charge is 2.24. The van der Waals surface area contributed by atoms with Crippen molar-refractivity contribution in [3.05, 3.63) is 18.2 Å². The maximum absolute atomic E-state index is 11.0. The van der Waals surface area contributed by atoms with Gasteiger partial charge < -0.3 is 10.6 Å². The Hall–Kier alpha value is -1.31. The van der Waals surface area contributed by atoms with Gasteiger partial charge in [-0.1, -0.05) is 0 Å². The summed E-state index contributed by atoms with van der Waals surface area (Å²) in [5.74, 6) is 0.0509. The lowest BCUT2D eigenvalue weighted by Crippen LogP contribution is -2.08. The highest BCUT2D eigenvalue weighted by atomic mass is 32.2. The van der Waals surface area contributed by atoms with Gasteiger partial charge in [0, 0.05) is 11.8 Å². The van der Waals surface area contributed by atoms with Gasteiger partial charge in [-0.3, -0.25) is 4.55 Å². The van der Waals surface area contributed by atoms with Gasteiger partial charge in [-0.15, -0.1) is 5.06 Å². The molecule has 0 bridgehead atoms. The summed E-state index contributed by atoms with van der Waals surface area (Å²) in [6.07, 6.45) is 0. The Morgan fingerprint density at radius 3 is 2.60 bits per heavy atom. The molecule has 2 rings (SSSR count). The summed E-state index contributed by atoms with van der Waals surface area (Å²) in [5.41, 5.74) is 5.87. The van der Waals surface area contributed by atoms with Crippen LogP contribution in [0, 0.1) is 0 Å². The highest BCUT2D eigenvalue weighted by molar-refractivity contribution is 7.86. The van der Waals surface area contributed by atoms with Gasteiger partial charge in [-0.05, 0) is 12.1 Å². The Labute approximate surface area is 87.0 Å². The first kappa shape index (κ1) is 10.2. The van der Waals surface area contributed by atoms with E-state index in [9.17, 15) is 8.42 Å². The first-order valence-electron chi connectivity index (χ1n) is 4.27. The SMILES string of the molecule is Nc1ccc(S(=O)(=O)O)c(ON2CC2)c1. The molecule has 0 aromatic heterocycles. The van der Waals surface area contributed by atoms with Crippen molar-refractivity contribution in [3.63, 3.8) is 0 Å². The van der Waals surface area contributed by atoms with Crippen LogP contribution in [0.15, 0.2) is 23.1 Å². The van der Waals surface area contributed by atoms with E-state index < -0.39 is 10.1 Å². The maximum Gasteiger partial charge on any atom is 0.298 e. The van der Waals surface area contributed by atoms with Gasteiger partial charge in [0.1, 0.15) is 4.90 Å². The van der Waals surface area contributed by atoms with Crippen molar-refractivity contribution in [2.75, 3.05) is 18.8 Å². The summed E-state index contributed by atoms with van der Waals surface area (Å²) in [6.45, 7) is 1.47. The molecule has 0 radical (unpaired) electrons. The lowest BCUT2D eigenvalue weighted by atomic mass is 10.3. The van der Waals surface area contributed by atoms with Crippen molar-refractivity contribution >= 4 is 15.8 Å². The molecular weight excluding hydrogens is 220 g/mol. The van der Waals surface area contributed by atoms with Crippen LogP contribution in [0.5, 0.6) is 5.75 Å². The molecule has 0 saturated carbocycles. The van der Waals surface area contributed by atoms with Gasteiger partial charge in [0.15, 0.2) is 5.75 Å². The van der Waals surface area contributed by atoms with Crippen LogP contribution in [-0.4, -0.2) is 31.1 Å². The fraction of sp³-hybridized carbons (Fsp3) is 0.250. The van der Waals surface area contributed by atoms with Crippen LogP contribution >= 0.6 is 0 Å². The second-order valence-electron chi connectivity index (χ2n) is 3.20. The average Bonchev–Trinajstić information content (AvgIpc) is 2.85. The van der Waals surface area contributed by atoms with Crippen molar-refractivity contribution < 1.29 is 17.8 Å². The number of anilines is 1. The number of rotatable bonds is 3. The molecule has 1 aromatic rings. The van der Waals surface area contributed by atoms with Gasteiger partial charge in [0.25, 0.3) is 10.1 Å². The van der Waals surface area contributed by atoms with Crippen molar-refractivity contribution in [1.29, 1.82) is 0 Å². The zero-order valence-corrected chi connectivity index (χ0v) is 8.57. The first-order valence-corrected chi connectivity index (χ1v) is 5.71. The predicted molar refractivity (Wildman–Crippen MR) is 52.9 cm³/mol. The molecule has 0 spiro atoms. The molecule has 1 fully saturated rings. The standard InChI is InChI=1S/C8H10N2O4S/c9-6-1-2-8(15(11,12)13)7(5-6)14-10-3-4-10/h1-2,5H,3-4,9H2,(H,11,12,13). The van der Waals surface area contributed by atoms with Gasteiger partial charge in [0.2, 0.25) is 0 Å². The van der Waals surface area contributed by atoms with Crippen LogP contribution in [-0.2, 0) is 10.1 Å². The van der Waals surface area contributed by atoms with Gasteiger partial charge in [-0.2, -0.15) is 8.42 Å². The van der Waals surface area contributed by atoms with E-state index in [1.54, 1.807) is 5.06 Å². The number of nitrogen functional groups attached to an aromatic ring is 1. The fourth-order valence-electron chi connectivity index (χ4n) is 1.08. The number of hydroxylamine groups is 2. The Balaban J connectivity index is 2.43. The van der Waals surface area contributed by atoms with Crippen LogP contribution in [0.3, 0.4) is 0 Å². The van der Waals surface area contributed by atoms with Crippen molar-refractivity contribution in [1.82, 2.24) is 5.06 Å². The second-order valence-corrected chi connectivity index (χ2v) is 4.59. The molecule has 7 heteroatoms. The van der Waals surface area contributed by atoms with Crippen LogP contribution in [0.25, 0.3) is 0 Å². The van der Waals surface area contributed by atoms with Gasteiger partial charge in [-0.25, -0.2) is 0 Å². The zero-order valence-electron chi connectivity index (χ0n) is 7.75. The minimum Gasteiger partial charge on any atom is -0.404 e. The van der Waals surface area contributed by atoms with E-state index >= 15 is 0 Å². The van der Waals surface area contributed by atoms with Gasteiger partial charge in [0.05, 0.1) is 13.1 Å². The highest BCUT2D eigenvalue weighted by Crippen LogP contribution is 2.28. The van der Waals surface area contributed by atoms with Crippen molar-refractivity contribution in [3.8, 4) is 5.75 Å².